The van der Waals surface area contributed by atoms with E-state index in [0.29, 0.717) is 25.0 Å². The van der Waals surface area contributed by atoms with Crippen LogP contribution in [0.3, 0.4) is 0 Å². The Morgan fingerprint density at radius 1 is 0.618 bits per heavy atom. The van der Waals surface area contributed by atoms with Crippen molar-refractivity contribution in [3.63, 3.8) is 0 Å². The molecule has 0 aromatic carbocycles. The van der Waals surface area contributed by atoms with Crippen LogP contribution < -0.4 is 0 Å². The molecular weight excluding hydrogens is 424 g/mol. The fraction of sp³-hybridized carbons (Fsp3) is 0.933. The predicted molar refractivity (Wildman–Crippen MR) is 142 cm³/mol. The summed E-state index contributed by atoms with van der Waals surface area (Å²) < 4.78 is 11.2. The van der Waals surface area contributed by atoms with Gasteiger partial charge in [-0.15, -0.1) is 0 Å². The smallest absolute Gasteiger partial charge is 0.308 e. The van der Waals surface area contributed by atoms with E-state index in [1.165, 1.54) is 51.4 Å². The van der Waals surface area contributed by atoms with Crippen molar-refractivity contribution in [1.82, 2.24) is 0 Å². The molecule has 0 heterocycles. The first-order valence-corrected chi connectivity index (χ1v) is 14.6. The second-order valence-corrected chi connectivity index (χ2v) is 11.6. The highest BCUT2D eigenvalue weighted by molar-refractivity contribution is 5.75. The van der Waals surface area contributed by atoms with Gasteiger partial charge in [0.25, 0.3) is 0 Å². The van der Waals surface area contributed by atoms with E-state index in [2.05, 4.69) is 41.5 Å². The molecule has 1 aliphatic rings. The van der Waals surface area contributed by atoms with Gasteiger partial charge in [-0.2, -0.15) is 0 Å². The molecule has 34 heavy (non-hydrogen) atoms. The highest BCUT2D eigenvalue weighted by Gasteiger charge is 2.31. The third kappa shape index (κ3) is 13.7. The maximum absolute atomic E-state index is 12.5. The molecule has 4 unspecified atom stereocenters. The molecule has 4 atom stereocenters. The minimum Gasteiger partial charge on any atom is -0.465 e. The molecule has 1 saturated carbocycles. The lowest BCUT2D eigenvalue weighted by Gasteiger charge is -2.26. The maximum Gasteiger partial charge on any atom is 0.308 e. The van der Waals surface area contributed by atoms with Crippen molar-refractivity contribution in [2.75, 3.05) is 13.2 Å². The summed E-state index contributed by atoms with van der Waals surface area (Å²) in [5.74, 6) is 2.45. The molecule has 0 aromatic rings. The van der Waals surface area contributed by atoms with E-state index in [1.54, 1.807) is 0 Å². The highest BCUT2D eigenvalue weighted by atomic mass is 16.5. The summed E-state index contributed by atoms with van der Waals surface area (Å²) >= 11 is 0. The molecule has 0 aliphatic heterocycles. The lowest BCUT2D eigenvalue weighted by Crippen LogP contribution is -2.29. The van der Waals surface area contributed by atoms with Crippen molar-refractivity contribution in [3.05, 3.63) is 0 Å². The largest absolute Gasteiger partial charge is 0.465 e. The number of hydrogen-bond donors (Lipinski definition) is 0. The Labute approximate surface area is 211 Å². The number of rotatable bonds is 18. The lowest BCUT2D eigenvalue weighted by atomic mass is 9.82. The normalized spacial score (nSPS) is 21.9. The Kier molecular flexibility index (Phi) is 16.6. The van der Waals surface area contributed by atoms with Crippen LogP contribution in [0.2, 0.25) is 0 Å². The Bertz CT molecular complexity index is 490. The summed E-state index contributed by atoms with van der Waals surface area (Å²) in [6.07, 6.45) is 15.0. The predicted octanol–water partition coefficient (Wildman–Crippen LogP) is 8.36. The van der Waals surface area contributed by atoms with Gasteiger partial charge >= 0.3 is 11.9 Å². The fourth-order valence-electron chi connectivity index (χ4n) is 5.47. The maximum atomic E-state index is 12.5. The molecular formula is C30H56O4. The molecule has 0 saturated heterocycles. The van der Waals surface area contributed by atoms with Gasteiger partial charge < -0.3 is 9.47 Å². The second-order valence-electron chi connectivity index (χ2n) is 11.6. The van der Waals surface area contributed by atoms with E-state index >= 15 is 0 Å². The third-order valence-corrected chi connectivity index (χ3v) is 7.81. The van der Waals surface area contributed by atoms with E-state index in [4.69, 9.17) is 9.47 Å². The molecule has 4 nitrogen and oxygen atoms in total. The minimum absolute atomic E-state index is 0.0486. The van der Waals surface area contributed by atoms with Crippen molar-refractivity contribution >= 4 is 11.9 Å². The number of esters is 2. The Morgan fingerprint density at radius 2 is 0.941 bits per heavy atom. The van der Waals surface area contributed by atoms with Gasteiger partial charge in [0.15, 0.2) is 0 Å². The topological polar surface area (TPSA) is 52.6 Å². The first-order valence-electron chi connectivity index (χ1n) is 14.6. The molecule has 0 radical (unpaired) electrons. The average Bonchev–Trinajstić information content (AvgIpc) is 2.81. The van der Waals surface area contributed by atoms with Crippen LogP contribution in [-0.4, -0.2) is 25.2 Å². The number of unbranched alkanes of at least 4 members (excludes halogenated alkanes) is 2. The second kappa shape index (κ2) is 18.2. The van der Waals surface area contributed by atoms with Gasteiger partial charge in [0.2, 0.25) is 0 Å². The van der Waals surface area contributed by atoms with Gasteiger partial charge in [0.1, 0.15) is 0 Å². The van der Waals surface area contributed by atoms with Crippen molar-refractivity contribution in [1.29, 1.82) is 0 Å². The van der Waals surface area contributed by atoms with E-state index in [9.17, 15) is 9.59 Å². The van der Waals surface area contributed by atoms with Gasteiger partial charge in [-0.05, 0) is 75.0 Å². The van der Waals surface area contributed by atoms with Gasteiger partial charge in [-0.3, -0.25) is 9.59 Å². The summed E-state index contributed by atoms with van der Waals surface area (Å²) in [7, 11) is 0. The van der Waals surface area contributed by atoms with Crippen LogP contribution in [0.5, 0.6) is 0 Å². The molecule has 1 fully saturated rings. The summed E-state index contributed by atoms with van der Waals surface area (Å²) in [6.45, 7) is 14.7. The molecule has 200 valence electrons. The molecule has 0 spiro atoms. The SMILES string of the molecule is CCCCC(C)CC(C)CCOC(=O)C1CCC(C(=O)OCCC(C)CC(C)CCCC)CC1. The Balaban J connectivity index is 2.17. The summed E-state index contributed by atoms with van der Waals surface area (Å²) in [6, 6.07) is 0. The first kappa shape index (κ1) is 31.0. The van der Waals surface area contributed by atoms with Crippen LogP contribution in [0, 0.1) is 35.5 Å². The van der Waals surface area contributed by atoms with Gasteiger partial charge in [-0.1, -0.05) is 80.1 Å². The van der Waals surface area contributed by atoms with Crippen LogP contribution in [0.15, 0.2) is 0 Å². The van der Waals surface area contributed by atoms with Crippen molar-refractivity contribution in [3.8, 4) is 0 Å². The summed E-state index contributed by atoms with van der Waals surface area (Å²) in [5, 5.41) is 0. The Morgan fingerprint density at radius 3 is 1.26 bits per heavy atom. The summed E-state index contributed by atoms with van der Waals surface area (Å²) in [5.41, 5.74) is 0. The number of carbonyl (C=O) groups is 2. The monoisotopic (exact) mass is 480 g/mol. The first-order chi connectivity index (χ1) is 16.3. The van der Waals surface area contributed by atoms with Crippen molar-refractivity contribution in [2.24, 2.45) is 35.5 Å². The minimum atomic E-state index is -0.0657. The molecule has 1 rings (SSSR count). The number of hydrogen-bond acceptors (Lipinski definition) is 4. The van der Waals surface area contributed by atoms with Crippen LogP contribution >= 0.6 is 0 Å². The molecule has 1 aliphatic carbocycles. The van der Waals surface area contributed by atoms with Crippen LogP contribution in [0.4, 0.5) is 0 Å². The van der Waals surface area contributed by atoms with Crippen LogP contribution in [-0.2, 0) is 19.1 Å². The quantitative estimate of drug-likeness (QED) is 0.185. The fourth-order valence-corrected chi connectivity index (χ4v) is 5.47. The van der Waals surface area contributed by atoms with Crippen molar-refractivity contribution in [2.45, 2.75) is 131 Å². The third-order valence-electron chi connectivity index (χ3n) is 7.81. The van der Waals surface area contributed by atoms with Crippen molar-refractivity contribution < 1.29 is 19.1 Å². The zero-order chi connectivity index (χ0) is 25.3. The van der Waals surface area contributed by atoms with E-state index in [1.807, 2.05) is 0 Å². The van der Waals surface area contributed by atoms with E-state index < -0.39 is 0 Å². The lowest BCUT2D eigenvalue weighted by molar-refractivity contribution is -0.155. The zero-order valence-corrected chi connectivity index (χ0v) is 23.4. The van der Waals surface area contributed by atoms with E-state index in [-0.39, 0.29) is 23.8 Å². The molecule has 0 bridgehead atoms. The van der Waals surface area contributed by atoms with Gasteiger partial charge in [0.05, 0.1) is 25.0 Å². The molecule has 0 aromatic heterocycles. The van der Waals surface area contributed by atoms with Crippen LogP contribution in [0.25, 0.3) is 0 Å². The number of carbonyl (C=O) groups excluding carboxylic acids is 2. The summed E-state index contributed by atoms with van der Waals surface area (Å²) in [4.78, 5) is 25.0. The highest BCUT2D eigenvalue weighted by Crippen LogP contribution is 2.31. The average molecular weight is 481 g/mol. The molecule has 4 heteroatoms. The van der Waals surface area contributed by atoms with E-state index in [0.717, 1.165) is 50.4 Å². The van der Waals surface area contributed by atoms with Crippen LogP contribution in [0.1, 0.15) is 131 Å². The number of ether oxygens (including phenoxy) is 2. The van der Waals surface area contributed by atoms with Gasteiger partial charge in [-0.25, -0.2) is 0 Å². The molecule has 0 amide bonds. The molecule has 0 N–H and O–H groups in total. The Hall–Kier alpha value is -1.06. The standard InChI is InChI=1S/C30H56O4/c1-7-9-11-23(3)21-25(5)17-19-33-29(31)27-13-15-28(16-14-27)30(32)34-20-18-26(6)22-24(4)12-10-8-2/h23-28H,7-22H2,1-6H3. The zero-order valence-electron chi connectivity index (χ0n) is 23.4. The van der Waals surface area contributed by atoms with Gasteiger partial charge in [0, 0.05) is 0 Å².